The molecule has 0 bridgehead atoms. The van der Waals surface area contributed by atoms with Gasteiger partial charge in [0.2, 0.25) is 5.13 Å². The number of nitrogens with zero attached hydrogens (tertiary/aromatic N) is 2. The standard InChI is InChI=1S/C13H16BrN3S2/c1-9(2)7-15-12-16-17-13(19-12)18-8-10-5-3-4-6-11(10)14/h3-6,9H,7-8H2,1-2H3,(H,15,16). The zero-order valence-corrected chi connectivity index (χ0v) is 14.1. The summed E-state index contributed by atoms with van der Waals surface area (Å²) in [7, 11) is 0. The molecule has 0 spiro atoms. The molecule has 0 unspecified atom stereocenters. The van der Waals surface area contributed by atoms with Gasteiger partial charge in [-0.05, 0) is 17.5 Å². The van der Waals surface area contributed by atoms with E-state index < -0.39 is 0 Å². The molecule has 1 aromatic heterocycles. The summed E-state index contributed by atoms with van der Waals surface area (Å²) in [6.07, 6.45) is 0. The molecular weight excluding hydrogens is 342 g/mol. The number of anilines is 1. The number of rotatable bonds is 6. The fourth-order valence-corrected chi connectivity index (χ4v) is 3.76. The van der Waals surface area contributed by atoms with Crippen molar-refractivity contribution in [1.29, 1.82) is 0 Å². The van der Waals surface area contributed by atoms with Gasteiger partial charge in [0.15, 0.2) is 4.34 Å². The molecule has 6 heteroatoms. The number of halogens is 1. The van der Waals surface area contributed by atoms with E-state index >= 15 is 0 Å². The molecule has 0 radical (unpaired) electrons. The SMILES string of the molecule is CC(C)CNc1nnc(SCc2ccccc2Br)s1. The van der Waals surface area contributed by atoms with E-state index in [1.54, 1.807) is 23.1 Å². The highest BCUT2D eigenvalue weighted by Crippen LogP contribution is 2.30. The van der Waals surface area contributed by atoms with E-state index in [0.717, 1.165) is 26.2 Å². The molecule has 2 rings (SSSR count). The van der Waals surface area contributed by atoms with Crippen LogP contribution >= 0.6 is 39.0 Å². The maximum Gasteiger partial charge on any atom is 0.206 e. The molecule has 0 saturated carbocycles. The van der Waals surface area contributed by atoms with E-state index in [4.69, 9.17) is 0 Å². The average Bonchev–Trinajstić information content (AvgIpc) is 2.83. The Hall–Kier alpha value is -0.590. The molecule has 3 nitrogen and oxygen atoms in total. The van der Waals surface area contributed by atoms with E-state index in [0.29, 0.717) is 5.92 Å². The van der Waals surface area contributed by atoms with Crippen LogP contribution in [0, 0.1) is 5.92 Å². The van der Waals surface area contributed by atoms with Crippen LogP contribution in [0.1, 0.15) is 19.4 Å². The summed E-state index contributed by atoms with van der Waals surface area (Å²) in [6, 6.07) is 8.26. The molecule has 2 aromatic rings. The van der Waals surface area contributed by atoms with Crippen molar-refractivity contribution >= 4 is 44.2 Å². The van der Waals surface area contributed by atoms with Crippen LogP contribution in [0.2, 0.25) is 0 Å². The van der Waals surface area contributed by atoms with Gasteiger partial charge in [0.1, 0.15) is 0 Å². The van der Waals surface area contributed by atoms with Crippen LogP contribution in [0.25, 0.3) is 0 Å². The second kappa shape index (κ2) is 7.26. The molecule has 1 heterocycles. The molecule has 1 aromatic carbocycles. The molecule has 19 heavy (non-hydrogen) atoms. The van der Waals surface area contributed by atoms with Crippen molar-refractivity contribution < 1.29 is 0 Å². The summed E-state index contributed by atoms with van der Waals surface area (Å²) < 4.78 is 2.15. The van der Waals surface area contributed by atoms with Gasteiger partial charge < -0.3 is 5.32 Å². The largest absolute Gasteiger partial charge is 0.360 e. The Labute approximate surface area is 130 Å². The number of hydrogen-bond donors (Lipinski definition) is 1. The van der Waals surface area contributed by atoms with Crippen molar-refractivity contribution in [3.8, 4) is 0 Å². The summed E-state index contributed by atoms with van der Waals surface area (Å²) in [4.78, 5) is 0. The fourth-order valence-electron chi connectivity index (χ4n) is 1.39. The zero-order chi connectivity index (χ0) is 13.7. The number of hydrogen-bond acceptors (Lipinski definition) is 5. The highest BCUT2D eigenvalue weighted by molar-refractivity contribution is 9.10. The maximum absolute atomic E-state index is 4.19. The molecule has 1 N–H and O–H groups in total. The number of aromatic nitrogens is 2. The molecule has 0 aliphatic carbocycles. The topological polar surface area (TPSA) is 37.8 Å². The first-order chi connectivity index (χ1) is 9.15. The molecule has 0 aliphatic rings. The number of benzene rings is 1. The highest BCUT2D eigenvalue weighted by atomic mass is 79.9. The Morgan fingerprint density at radius 3 is 2.84 bits per heavy atom. The van der Waals surface area contributed by atoms with Crippen LogP contribution in [0.15, 0.2) is 33.1 Å². The van der Waals surface area contributed by atoms with Gasteiger partial charge in [-0.2, -0.15) is 0 Å². The monoisotopic (exact) mass is 357 g/mol. The van der Waals surface area contributed by atoms with Crippen LogP contribution < -0.4 is 5.32 Å². The predicted molar refractivity (Wildman–Crippen MR) is 86.9 cm³/mol. The minimum Gasteiger partial charge on any atom is -0.360 e. The minimum absolute atomic E-state index is 0.611. The first-order valence-corrected chi connectivity index (χ1v) is 8.68. The van der Waals surface area contributed by atoms with Gasteiger partial charge in [0, 0.05) is 16.8 Å². The second-order valence-electron chi connectivity index (χ2n) is 4.53. The van der Waals surface area contributed by atoms with Crippen molar-refractivity contribution in [2.24, 2.45) is 5.92 Å². The molecule has 0 atom stereocenters. The van der Waals surface area contributed by atoms with Crippen LogP contribution in [0.3, 0.4) is 0 Å². The third-order valence-electron chi connectivity index (χ3n) is 2.38. The first kappa shape index (κ1) is 14.8. The lowest BCUT2D eigenvalue weighted by Gasteiger charge is -2.03. The average molecular weight is 358 g/mol. The normalized spacial score (nSPS) is 10.9. The van der Waals surface area contributed by atoms with Gasteiger partial charge in [-0.3, -0.25) is 0 Å². The maximum atomic E-state index is 4.19. The number of thioether (sulfide) groups is 1. The molecule has 0 fully saturated rings. The third-order valence-corrected chi connectivity index (χ3v) is 5.21. The summed E-state index contributed by atoms with van der Waals surface area (Å²) in [6.45, 7) is 5.29. The number of nitrogens with one attached hydrogen (secondary N) is 1. The van der Waals surface area contributed by atoms with Gasteiger partial charge >= 0.3 is 0 Å². The van der Waals surface area contributed by atoms with E-state index in [2.05, 4.69) is 63.5 Å². The lowest BCUT2D eigenvalue weighted by atomic mass is 10.2. The van der Waals surface area contributed by atoms with Crippen LogP contribution in [0.4, 0.5) is 5.13 Å². The zero-order valence-electron chi connectivity index (χ0n) is 10.9. The lowest BCUT2D eigenvalue weighted by Crippen LogP contribution is -2.07. The first-order valence-electron chi connectivity index (χ1n) is 6.08. The van der Waals surface area contributed by atoms with Crippen molar-refractivity contribution in [2.45, 2.75) is 23.9 Å². The van der Waals surface area contributed by atoms with Crippen molar-refractivity contribution in [3.63, 3.8) is 0 Å². The predicted octanol–water partition coefficient (Wildman–Crippen LogP) is 4.66. The van der Waals surface area contributed by atoms with Crippen molar-refractivity contribution in [3.05, 3.63) is 34.3 Å². The fraction of sp³-hybridized carbons (Fsp3) is 0.385. The Morgan fingerprint density at radius 1 is 1.32 bits per heavy atom. The lowest BCUT2D eigenvalue weighted by molar-refractivity contribution is 0.687. The Bertz CT molecular complexity index is 528. The Morgan fingerprint density at radius 2 is 2.11 bits per heavy atom. The van der Waals surface area contributed by atoms with Gasteiger partial charge in [0.05, 0.1) is 0 Å². The molecule has 102 valence electrons. The van der Waals surface area contributed by atoms with Gasteiger partial charge in [-0.15, -0.1) is 10.2 Å². The van der Waals surface area contributed by atoms with Crippen LogP contribution in [-0.2, 0) is 5.75 Å². The van der Waals surface area contributed by atoms with E-state index in [1.807, 2.05) is 6.07 Å². The molecular formula is C13H16BrN3S2. The van der Waals surface area contributed by atoms with Crippen LogP contribution in [-0.4, -0.2) is 16.7 Å². The smallest absolute Gasteiger partial charge is 0.206 e. The molecule has 0 aliphatic heterocycles. The summed E-state index contributed by atoms with van der Waals surface area (Å²) in [5, 5.41) is 12.5. The minimum atomic E-state index is 0.611. The van der Waals surface area contributed by atoms with E-state index in [1.165, 1.54) is 5.56 Å². The van der Waals surface area contributed by atoms with Crippen molar-refractivity contribution in [1.82, 2.24) is 10.2 Å². The second-order valence-corrected chi connectivity index (χ2v) is 7.58. The third kappa shape index (κ3) is 4.78. The Kier molecular flexibility index (Phi) is 5.66. The van der Waals surface area contributed by atoms with Gasteiger partial charge in [-0.1, -0.05) is 71.1 Å². The van der Waals surface area contributed by atoms with Crippen molar-refractivity contribution in [2.75, 3.05) is 11.9 Å². The van der Waals surface area contributed by atoms with Crippen LogP contribution in [0.5, 0.6) is 0 Å². The summed E-state index contributed by atoms with van der Waals surface area (Å²) >= 11 is 6.89. The quantitative estimate of drug-likeness (QED) is 0.762. The van der Waals surface area contributed by atoms with E-state index in [-0.39, 0.29) is 0 Å². The van der Waals surface area contributed by atoms with Gasteiger partial charge in [-0.25, -0.2) is 0 Å². The Balaban J connectivity index is 1.88. The molecule has 0 amide bonds. The summed E-state index contributed by atoms with van der Waals surface area (Å²) in [5.41, 5.74) is 1.28. The molecule has 0 saturated heterocycles. The van der Waals surface area contributed by atoms with Gasteiger partial charge in [0.25, 0.3) is 0 Å². The summed E-state index contributed by atoms with van der Waals surface area (Å²) in [5.74, 6) is 1.51. The highest BCUT2D eigenvalue weighted by Gasteiger charge is 2.06. The van der Waals surface area contributed by atoms with E-state index in [9.17, 15) is 0 Å².